The lowest BCUT2D eigenvalue weighted by Gasteiger charge is -2.37. The highest BCUT2D eigenvalue weighted by Crippen LogP contribution is 2.21. The largest absolute Gasteiger partial charge is 0.480 e. The van der Waals surface area contributed by atoms with Gasteiger partial charge in [-0.15, -0.1) is 0 Å². The Morgan fingerprint density at radius 1 is 1.35 bits per heavy atom. The summed E-state index contributed by atoms with van der Waals surface area (Å²) in [5.74, 6) is -1.83. The van der Waals surface area contributed by atoms with E-state index in [4.69, 9.17) is 9.84 Å². The van der Waals surface area contributed by atoms with Crippen LogP contribution in [0.1, 0.15) is 12.8 Å². The van der Waals surface area contributed by atoms with Gasteiger partial charge in [0.25, 0.3) is 0 Å². The Labute approximate surface area is 152 Å². The molecule has 2 rings (SSSR count). The van der Waals surface area contributed by atoms with Crippen LogP contribution in [0.4, 0.5) is 0 Å². The van der Waals surface area contributed by atoms with Gasteiger partial charge in [0, 0.05) is 45.6 Å². The predicted octanol–water partition coefficient (Wildman–Crippen LogP) is -1.57. The van der Waals surface area contributed by atoms with Crippen LogP contribution in [-0.4, -0.2) is 104 Å². The molecule has 26 heavy (non-hydrogen) atoms. The maximum atomic E-state index is 12.7. The summed E-state index contributed by atoms with van der Waals surface area (Å²) in [5, 5.41) is 8.89. The van der Waals surface area contributed by atoms with Gasteiger partial charge in [-0.25, -0.2) is 8.42 Å². The predicted molar refractivity (Wildman–Crippen MR) is 90.7 cm³/mol. The van der Waals surface area contributed by atoms with Crippen molar-refractivity contribution < 1.29 is 32.6 Å². The van der Waals surface area contributed by atoms with Crippen molar-refractivity contribution in [3.05, 3.63) is 0 Å². The van der Waals surface area contributed by atoms with Gasteiger partial charge in [-0.05, 0) is 6.42 Å². The molecule has 2 aliphatic heterocycles. The van der Waals surface area contributed by atoms with Gasteiger partial charge in [0.1, 0.15) is 6.54 Å². The molecule has 0 saturated carbocycles. The summed E-state index contributed by atoms with van der Waals surface area (Å²) in [5.41, 5.74) is 0. The number of ether oxygens (including phenoxy) is 1. The van der Waals surface area contributed by atoms with Crippen LogP contribution in [-0.2, 0) is 29.1 Å². The molecule has 0 bridgehead atoms. The third-order valence-corrected chi connectivity index (χ3v) is 5.86. The van der Waals surface area contributed by atoms with Crippen molar-refractivity contribution in [1.29, 1.82) is 0 Å². The fourth-order valence-electron chi connectivity index (χ4n) is 3.14. The van der Waals surface area contributed by atoms with Crippen LogP contribution in [0.25, 0.3) is 0 Å². The summed E-state index contributed by atoms with van der Waals surface area (Å²) in [6.45, 7) is 0.515. The molecule has 2 heterocycles. The summed E-state index contributed by atoms with van der Waals surface area (Å²) in [6.07, 6.45) is 1.10. The number of carbonyl (C=O) groups is 3. The van der Waals surface area contributed by atoms with Gasteiger partial charge in [-0.1, -0.05) is 0 Å². The van der Waals surface area contributed by atoms with Crippen molar-refractivity contribution in [3.8, 4) is 0 Å². The normalized spacial score (nSPS) is 24.8. The van der Waals surface area contributed by atoms with Crippen molar-refractivity contribution in [2.75, 3.05) is 52.6 Å². The van der Waals surface area contributed by atoms with E-state index in [0.29, 0.717) is 19.5 Å². The van der Waals surface area contributed by atoms with Crippen LogP contribution >= 0.6 is 0 Å². The first-order valence-corrected chi connectivity index (χ1v) is 10.2. The number of hydrogen-bond acceptors (Lipinski definition) is 6. The molecule has 1 N–H and O–H groups in total. The van der Waals surface area contributed by atoms with Crippen molar-refractivity contribution in [1.82, 2.24) is 14.1 Å². The first-order chi connectivity index (χ1) is 12.1. The average Bonchev–Trinajstić information content (AvgIpc) is 2.55. The number of nitrogens with zero attached hydrogens (tertiary/aromatic N) is 3. The minimum Gasteiger partial charge on any atom is -0.480 e. The summed E-state index contributed by atoms with van der Waals surface area (Å²) in [7, 11) is -2.01. The average molecular weight is 391 g/mol. The molecule has 11 heteroatoms. The molecule has 10 nitrogen and oxygen atoms in total. The lowest BCUT2D eigenvalue weighted by Crippen LogP contribution is -2.53. The Hall–Kier alpha value is -1.72. The van der Waals surface area contributed by atoms with Gasteiger partial charge < -0.3 is 19.6 Å². The Morgan fingerprint density at radius 2 is 2.04 bits per heavy atom. The quantitative estimate of drug-likeness (QED) is 0.580. The van der Waals surface area contributed by atoms with E-state index in [1.807, 2.05) is 0 Å². The molecule has 0 aromatic carbocycles. The smallest absolute Gasteiger partial charge is 0.318 e. The van der Waals surface area contributed by atoms with Crippen LogP contribution < -0.4 is 0 Å². The van der Waals surface area contributed by atoms with Gasteiger partial charge in [-0.2, -0.15) is 4.31 Å². The van der Waals surface area contributed by atoms with Crippen LogP contribution in [0.2, 0.25) is 0 Å². The van der Waals surface area contributed by atoms with E-state index in [1.165, 1.54) is 0 Å². The molecule has 2 amide bonds. The zero-order valence-corrected chi connectivity index (χ0v) is 15.8. The summed E-state index contributed by atoms with van der Waals surface area (Å²) < 4.78 is 29.9. The highest BCUT2D eigenvalue weighted by Gasteiger charge is 2.35. The number of carbonyl (C=O) groups excluding carboxylic acids is 2. The SMILES string of the molecule is CN1CCC(C(=O)N2CCOC(CN(CC(=O)O)S(C)(=O)=O)C2)CC1=O. The molecule has 148 valence electrons. The van der Waals surface area contributed by atoms with Crippen molar-refractivity contribution >= 4 is 27.8 Å². The zero-order valence-electron chi connectivity index (χ0n) is 15.0. The van der Waals surface area contributed by atoms with Crippen LogP contribution in [0, 0.1) is 5.92 Å². The van der Waals surface area contributed by atoms with E-state index in [0.717, 1.165) is 10.6 Å². The molecule has 2 saturated heterocycles. The molecular weight excluding hydrogens is 366 g/mol. The van der Waals surface area contributed by atoms with E-state index in [9.17, 15) is 22.8 Å². The number of piperidine rings is 1. The van der Waals surface area contributed by atoms with E-state index in [2.05, 4.69) is 0 Å². The lowest BCUT2D eigenvalue weighted by atomic mass is 9.94. The second-order valence-electron chi connectivity index (χ2n) is 6.73. The first kappa shape index (κ1) is 20.6. The molecule has 0 aromatic heterocycles. The number of likely N-dealkylation sites (tertiary alicyclic amines) is 1. The lowest BCUT2D eigenvalue weighted by molar-refractivity contribution is -0.149. The molecule has 0 aliphatic carbocycles. The molecule has 2 unspecified atom stereocenters. The second kappa shape index (κ2) is 8.31. The fraction of sp³-hybridized carbons (Fsp3) is 0.800. The Bertz CT molecular complexity index is 666. The topological polar surface area (TPSA) is 125 Å². The molecule has 2 fully saturated rings. The van der Waals surface area contributed by atoms with Crippen molar-refractivity contribution in [2.45, 2.75) is 18.9 Å². The number of morpholine rings is 1. The van der Waals surface area contributed by atoms with Crippen LogP contribution in [0.5, 0.6) is 0 Å². The fourth-order valence-corrected chi connectivity index (χ4v) is 3.92. The molecule has 0 spiro atoms. The minimum atomic E-state index is -3.71. The van der Waals surface area contributed by atoms with Crippen LogP contribution in [0.15, 0.2) is 0 Å². The number of rotatable bonds is 6. The van der Waals surface area contributed by atoms with Gasteiger partial charge in [-0.3, -0.25) is 14.4 Å². The zero-order chi connectivity index (χ0) is 19.5. The highest BCUT2D eigenvalue weighted by molar-refractivity contribution is 7.88. The maximum absolute atomic E-state index is 12.7. The molecule has 0 radical (unpaired) electrons. The van der Waals surface area contributed by atoms with Gasteiger partial charge in [0.15, 0.2) is 0 Å². The highest BCUT2D eigenvalue weighted by atomic mass is 32.2. The molecule has 0 aromatic rings. The molecule has 2 atom stereocenters. The number of hydrogen-bond donors (Lipinski definition) is 1. The monoisotopic (exact) mass is 391 g/mol. The number of sulfonamides is 1. The van der Waals surface area contributed by atoms with E-state index >= 15 is 0 Å². The molecular formula is C15H25N3O7S. The Balaban J connectivity index is 1.98. The summed E-state index contributed by atoms with van der Waals surface area (Å²) in [4.78, 5) is 38.6. The standard InChI is InChI=1S/C15H25N3O7S/c1-16-4-3-11(7-13(16)19)15(22)17-5-6-25-12(8-17)9-18(10-14(20)21)26(2,23)24/h11-12H,3-10H2,1-2H3,(H,20,21). The Morgan fingerprint density at radius 3 is 2.62 bits per heavy atom. The van der Waals surface area contributed by atoms with E-state index < -0.39 is 28.6 Å². The van der Waals surface area contributed by atoms with Gasteiger partial charge in [0.2, 0.25) is 21.8 Å². The summed E-state index contributed by atoms with van der Waals surface area (Å²) >= 11 is 0. The van der Waals surface area contributed by atoms with Crippen molar-refractivity contribution in [2.24, 2.45) is 5.92 Å². The van der Waals surface area contributed by atoms with Gasteiger partial charge in [0.05, 0.1) is 19.0 Å². The number of aliphatic carboxylic acids is 1. The van der Waals surface area contributed by atoms with E-state index in [-0.39, 0.29) is 43.8 Å². The third-order valence-electron chi connectivity index (χ3n) is 4.65. The minimum absolute atomic E-state index is 0.0656. The molecule has 2 aliphatic rings. The number of carboxylic acid groups (broad SMARTS) is 1. The third kappa shape index (κ3) is 5.39. The Kier molecular flexibility index (Phi) is 6.58. The maximum Gasteiger partial charge on any atom is 0.318 e. The van der Waals surface area contributed by atoms with Crippen molar-refractivity contribution in [3.63, 3.8) is 0 Å². The van der Waals surface area contributed by atoms with Crippen LogP contribution in [0.3, 0.4) is 0 Å². The van der Waals surface area contributed by atoms with Gasteiger partial charge >= 0.3 is 5.97 Å². The van der Waals surface area contributed by atoms with E-state index in [1.54, 1.807) is 16.8 Å². The second-order valence-corrected chi connectivity index (χ2v) is 8.71. The number of carboxylic acids is 1. The first-order valence-electron chi connectivity index (χ1n) is 8.39. The number of amides is 2. The summed E-state index contributed by atoms with van der Waals surface area (Å²) in [6, 6.07) is 0.